The van der Waals surface area contributed by atoms with Crippen LogP contribution in [0.4, 0.5) is 5.69 Å². The Hall–Kier alpha value is -2.82. The second-order valence-corrected chi connectivity index (χ2v) is 5.12. The van der Waals surface area contributed by atoms with Gasteiger partial charge >= 0.3 is 0 Å². The number of benzene rings is 2. The fourth-order valence-corrected chi connectivity index (χ4v) is 2.20. The molecule has 2 aromatic rings. The number of rotatable bonds is 6. The van der Waals surface area contributed by atoms with Crippen LogP contribution in [0.15, 0.2) is 48.5 Å². The van der Waals surface area contributed by atoms with Crippen LogP contribution >= 0.6 is 0 Å². The van der Waals surface area contributed by atoms with Crippen LogP contribution in [-0.2, 0) is 11.2 Å². The molecule has 0 saturated heterocycles. The minimum atomic E-state index is -0.705. The van der Waals surface area contributed by atoms with Gasteiger partial charge in [-0.05, 0) is 37.1 Å². The van der Waals surface area contributed by atoms with Crippen LogP contribution in [0.5, 0.6) is 5.75 Å². The Bertz CT molecular complexity index is 713. The van der Waals surface area contributed by atoms with Gasteiger partial charge in [-0.1, -0.05) is 37.3 Å². The molecule has 0 aliphatic rings. The zero-order valence-electron chi connectivity index (χ0n) is 13.2. The maximum Gasteiger partial charge on any atom is 0.265 e. The Morgan fingerprint density at radius 1 is 1.13 bits per heavy atom. The molecular formula is C18H20N2O3. The van der Waals surface area contributed by atoms with E-state index >= 15 is 0 Å². The van der Waals surface area contributed by atoms with Crippen LogP contribution in [0, 0.1) is 0 Å². The summed E-state index contributed by atoms with van der Waals surface area (Å²) in [6.07, 6.45) is 0.110. The minimum Gasteiger partial charge on any atom is -0.481 e. The number of ether oxygens (including phenoxy) is 1. The summed E-state index contributed by atoms with van der Waals surface area (Å²) in [7, 11) is 0. The molecule has 0 radical (unpaired) electrons. The first-order valence-corrected chi connectivity index (χ1v) is 7.47. The van der Waals surface area contributed by atoms with Crippen LogP contribution in [0.25, 0.3) is 0 Å². The number of carbonyl (C=O) groups is 2. The Morgan fingerprint density at radius 2 is 1.78 bits per heavy atom. The Labute approximate surface area is 135 Å². The molecule has 1 atom stereocenters. The van der Waals surface area contributed by atoms with Gasteiger partial charge in [-0.15, -0.1) is 0 Å². The highest BCUT2D eigenvalue weighted by Gasteiger charge is 2.18. The van der Waals surface area contributed by atoms with E-state index in [9.17, 15) is 9.59 Å². The van der Waals surface area contributed by atoms with Gasteiger partial charge in [0.15, 0.2) is 6.10 Å². The van der Waals surface area contributed by atoms with E-state index in [2.05, 4.69) is 5.32 Å². The molecule has 2 rings (SSSR count). The number of hydrogen-bond acceptors (Lipinski definition) is 3. The fourth-order valence-electron chi connectivity index (χ4n) is 2.20. The maximum atomic E-state index is 12.3. The van der Waals surface area contributed by atoms with E-state index in [4.69, 9.17) is 10.5 Å². The molecule has 2 aromatic carbocycles. The summed E-state index contributed by atoms with van der Waals surface area (Å²) in [4.78, 5) is 23.7. The van der Waals surface area contributed by atoms with Crippen molar-refractivity contribution in [3.8, 4) is 5.75 Å². The predicted molar refractivity (Wildman–Crippen MR) is 89.5 cm³/mol. The van der Waals surface area contributed by atoms with E-state index in [1.54, 1.807) is 31.2 Å². The van der Waals surface area contributed by atoms with Crippen LogP contribution < -0.4 is 15.8 Å². The van der Waals surface area contributed by atoms with E-state index < -0.39 is 12.0 Å². The number of amides is 2. The van der Waals surface area contributed by atoms with Crippen molar-refractivity contribution in [2.24, 2.45) is 5.73 Å². The maximum absolute atomic E-state index is 12.3. The van der Waals surface area contributed by atoms with E-state index in [-0.39, 0.29) is 11.5 Å². The van der Waals surface area contributed by atoms with Crippen LogP contribution in [0.3, 0.4) is 0 Å². The second-order valence-electron chi connectivity index (χ2n) is 5.12. The molecule has 0 aliphatic carbocycles. The third kappa shape index (κ3) is 4.10. The lowest BCUT2D eigenvalue weighted by Gasteiger charge is -2.17. The number of nitrogens with two attached hydrogens (primary N) is 1. The molecule has 0 aliphatic heterocycles. The molecular weight excluding hydrogens is 292 g/mol. The fraction of sp³-hybridized carbons (Fsp3) is 0.222. The van der Waals surface area contributed by atoms with Crippen LogP contribution in [0.1, 0.15) is 29.8 Å². The molecule has 0 saturated carbocycles. The molecule has 23 heavy (non-hydrogen) atoms. The first-order valence-electron chi connectivity index (χ1n) is 7.47. The number of anilines is 1. The van der Waals surface area contributed by atoms with E-state index in [0.29, 0.717) is 11.4 Å². The molecule has 5 nitrogen and oxygen atoms in total. The molecule has 2 amide bonds. The summed E-state index contributed by atoms with van der Waals surface area (Å²) >= 11 is 0. The Balaban J connectivity index is 2.10. The molecule has 0 unspecified atom stereocenters. The number of nitrogens with one attached hydrogen (secondary N) is 1. The normalized spacial score (nSPS) is 11.6. The topological polar surface area (TPSA) is 81.4 Å². The number of carbonyl (C=O) groups excluding carboxylic acids is 2. The quantitative estimate of drug-likeness (QED) is 0.860. The van der Waals surface area contributed by atoms with Gasteiger partial charge in [-0.3, -0.25) is 9.59 Å². The molecule has 0 aromatic heterocycles. The van der Waals surface area contributed by atoms with Gasteiger partial charge < -0.3 is 15.8 Å². The highest BCUT2D eigenvalue weighted by Crippen LogP contribution is 2.21. The van der Waals surface area contributed by atoms with Gasteiger partial charge in [-0.25, -0.2) is 0 Å². The number of aryl methyl sites for hydroxylation is 1. The van der Waals surface area contributed by atoms with Gasteiger partial charge in [0, 0.05) is 0 Å². The van der Waals surface area contributed by atoms with E-state index in [1.165, 1.54) is 0 Å². The van der Waals surface area contributed by atoms with Crippen molar-refractivity contribution >= 4 is 17.5 Å². The Kier molecular flexibility index (Phi) is 5.36. The average molecular weight is 312 g/mol. The highest BCUT2D eigenvalue weighted by atomic mass is 16.5. The van der Waals surface area contributed by atoms with Crippen molar-refractivity contribution in [3.05, 3.63) is 59.7 Å². The monoisotopic (exact) mass is 312 g/mol. The molecule has 0 bridgehead atoms. The molecule has 3 N–H and O–H groups in total. The molecule has 0 fully saturated rings. The first kappa shape index (κ1) is 16.5. The summed E-state index contributed by atoms with van der Waals surface area (Å²) in [6, 6.07) is 14.2. The minimum absolute atomic E-state index is 0.266. The summed E-state index contributed by atoms with van der Waals surface area (Å²) in [5.74, 6) is -0.253. The van der Waals surface area contributed by atoms with Crippen molar-refractivity contribution in [3.63, 3.8) is 0 Å². The van der Waals surface area contributed by atoms with Gasteiger partial charge in [0.25, 0.3) is 11.8 Å². The zero-order chi connectivity index (χ0) is 16.8. The zero-order valence-corrected chi connectivity index (χ0v) is 13.2. The van der Waals surface area contributed by atoms with Crippen molar-refractivity contribution in [1.82, 2.24) is 0 Å². The molecule has 0 spiro atoms. The van der Waals surface area contributed by atoms with Crippen molar-refractivity contribution < 1.29 is 14.3 Å². The lowest BCUT2D eigenvalue weighted by atomic mass is 10.1. The largest absolute Gasteiger partial charge is 0.481 e. The van der Waals surface area contributed by atoms with Crippen LogP contribution in [0.2, 0.25) is 0 Å². The number of primary amides is 1. The van der Waals surface area contributed by atoms with Crippen molar-refractivity contribution in [1.29, 1.82) is 0 Å². The smallest absolute Gasteiger partial charge is 0.265 e. The summed E-state index contributed by atoms with van der Waals surface area (Å²) < 4.78 is 5.74. The van der Waals surface area contributed by atoms with E-state index in [1.807, 2.05) is 31.2 Å². The van der Waals surface area contributed by atoms with Gasteiger partial charge in [-0.2, -0.15) is 0 Å². The predicted octanol–water partition coefficient (Wildman–Crippen LogP) is 2.75. The lowest BCUT2D eigenvalue weighted by Crippen LogP contribution is -2.31. The first-order chi connectivity index (χ1) is 11.0. The highest BCUT2D eigenvalue weighted by molar-refractivity contribution is 6.03. The van der Waals surface area contributed by atoms with Crippen molar-refractivity contribution in [2.75, 3.05) is 5.32 Å². The van der Waals surface area contributed by atoms with Crippen molar-refractivity contribution in [2.45, 2.75) is 26.4 Å². The standard InChI is InChI=1S/C18H20N2O3/c1-3-13-8-4-7-11-16(13)23-12(2)18(22)20-15-10-6-5-9-14(15)17(19)21/h4-12H,3H2,1-2H3,(H2,19,21)(H,20,22)/t12-/m0/s1. The lowest BCUT2D eigenvalue weighted by molar-refractivity contribution is -0.122. The van der Waals surface area contributed by atoms with Gasteiger partial charge in [0.1, 0.15) is 5.75 Å². The van der Waals surface area contributed by atoms with Gasteiger partial charge in [0.05, 0.1) is 11.3 Å². The molecule has 5 heteroatoms. The third-order valence-electron chi connectivity index (χ3n) is 3.48. The summed E-state index contributed by atoms with van der Waals surface area (Å²) in [5.41, 5.74) is 6.98. The number of hydrogen-bond donors (Lipinski definition) is 2. The molecule has 120 valence electrons. The molecule has 0 heterocycles. The summed E-state index contributed by atoms with van der Waals surface area (Å²) in [6.45, 7) is 3.69. The summed E-state index contributed by atoms with van der Waals surface area (Å²) in [5, 5.41) is 2.68. The van der Waals surface area contributed by atoms with Crippen LogP contribution in [-0.4, -0.2) is 17.9 Å². The Morgan fingerprint density at radius 3 is 2.48 bits per heavy atom. The third-order valence-corrected chi connectivity index (χ3v) is 3.48. The van der Waals surface area contributed by atoms with E-state index in [0.717, 1.165) is 12.0 Å². The second kappa shape index (κ2) is 7.45. The SMILES string of the molecule is CCc1ccccc1O[C@@H](C)C(=O)Nc1ccccc1C(N)=O. The van der Waals surface area contributed by atoms with Gasteiger partial charge in [0.2, 0.25) is 0 Å². The average Bonchev–Trinajstić information content (AvgIpc) is 2.55. The number of para-hydroxylation sites is 2.